The largest absolute Gasteiger partial charge is 0.484 e. The number of hydrogen-bond acceptors (Lipinski definition) is 4. The molecule has 0 spiro atoms. The lowest BCUT2D eigenvalue weighted by Crippen LogP contribution is -2.42. The Morgan fingerprint density at radius 3 is 2.60 bits per heavy atom. The van der Waals surface area contributed by atoms with Crippen molar-refractivity contribution in [2.75, 3.05) is 19.7 Å². The number of carbonyl (C=O) groups excluding carboxylic acids is 1. The van der Waals surface area contributed by atoms with Crippen LogP contribution in [0.3, 0.4) is 0 Å². The zero-order chi connectivity index (χ0) is 17.5. The third kappa shape index (κ3) is 5.26. The standard InChI is InChI=1S/C19H21FN2O3/c20-15-4-6-17(7-5-15)25-14-19(23)22-11-8-18(9-12-22)24-13-16-3-1-2-10-21-16/h1-7,10,18H,8-9,11-14H2. The van der Waals surface area contributed by atoms with Crippen LogP contribution in [0.15, 0.2) is 48.7 Å². The molecule has 0 saturated carbocycles. The number of rotatable bonds is 6. The number of amides is 1. The van der Waals surface area contributed by atoms with Gasteiger partial charge in [0.05, 0.1) is 18.4 Å². The minimum absolute atomic E-state index is 0.0366. The monoisotopic (exact) mass is 344 g/mol. The van der Waals surface area contributed by atoms with Crippen LogP contribution in [-0.4, -0.2) is 41.6 Å². The second-order valence-corrected chi connectivity index (χ2v) is 5.95. The molecule has 25 heavy (non-hydrogen) atoms. The smallest absolute Gasteiger partial charge is 0.260 e. The summed E-state index contributed by atoms with van der Waals surface area (Å²) < 4.78 is 24.1. The van der Waals surface area contributed by atoms with Gasteiger partial charge in [-0.1, -0.05) is 6.07 Å². The highest BCUT2D eigenvalue weighted by Crippen LogP contribution is 2.16. The van der Waals surface area contributed by atoms with E-state index < -0.39 is 0 Å². The molecule has 6 heteroatoms. The maximum atomic E-state index is 12.8. The van der Waals surface area contributed by atoms with Crippen LogP contribution in [0.4, 0.5) is 4.39 Å². The second kappa shape index (κ2) is 8.58. The van der Waals surface area contributed by atoms with Crippen LogP contribution in [0.1, 0.15) is 18.5 Å². The Hall–Kier alpha value is -2.47. The van der Waals surface area contributed by atoms with Crippen LogP contribution in [0.5, 0.6) is 5.75 Å². The van der Waals surface area contributed by atoms with Crippen molar-refractivity contribution in [3.63, 3.8) is 0 Å². The fourth-order valence-corrected chi connectivity index (χ4v) is 2.73. The van der Waals surface area contributed by atoms with Crippen molar-refractivity contribution in [1.29, 1.82) is 0 Å². The molecule has 0 N–H and O–H groups in total. The predicted molar refractivity (Wildman–Crippen MR) is 90.5 cm³/mol. The fourth-order valence-electron chi connectivity index (χ4n) is 2.73. The van der Waals surface area contributed by atoms with E-state index in [4.69, 9.17) is 9.47 Å². The van der Waals surface area contributed by atoms with Crippen molar-refractivity contribution in [2.24, 2.45) is 0 Å². The van der Waals surface area contributed by atoms with Gasteiger partial charge in [0.15, 0.2) is 6.61 Å². The molecule has 0 aliphatic carbocycles. The molecule has 1 aliphatic rings. The summed E-state index contributed by atoms with van der Waals surface area (Å²) in [7, 11) is 0. The lowest BCUT2D eigenvalue weighted by molar-refractivity contribution is -0.136. The first-order valence-electron chi connectivity index (χ1n) is 8.38. The van der Waals surface area contributed by atoms with Crippen LogP contribution < -0.4 is 4.74 Å². The number of nitrogens with zero attached hydrogens (tertiary/aromatic N) is 2. The molecule has 1 saturated heterocycles. The number of aromatic nitrogens is 1. The van der Waals surface area contributed by atoms with Crippen molar-refractivity contribution in [3.8, 4) is 5.75 Å². The van der Waals surface area contributed by atoms with E-state index in [9.17, 15) is 9.18 Å². The molecule has 5 nitrogen and oxygen atoms in total. The Bertz CT molecular complexity index is 671. The highest BCUT2D eigenvalue weighted by atomic mass is 19.1. The molecule has 1 aliphatic heterocycles. The van der Waals surface area contributed by atoms with Crippen LogP contribution in [0, 0.1) is 5.82 Å². The molecule has 0 atom stereocenters. The van der Waals surface area contributed by atoms with Gasteiger partial charge >= 0.3 is 0 Å². The number of carbonyl (C=O) groups is 1. The van der Waals surface area contributed by atoms with Crippen LogP contribution in [0.25, 0.3) is 0 Å². The van der Waals surface area contributed by atoms with Gasteiger partial charge in [0.25, 0.3) is 5.91 Å². The maximum absolute atomic E-state index is 12.8. The molecule has 2 heterocycles. The van der Waals surface area contributed by atoms with Gasteiger partial charge in [-0.05, 0) is 49.2 Å². The SMILES string of the molecule is O=C(COc1ccc(F)cc1)N1CCC(OCc2ccccn2)CC1. The summed E-state index contributed by atoms with van der Waals surface area (Å²) in [6, 6.07) is 11.4. The molecule has 3 rings (SSSR count). The predicted octanol–water partition coefficient (Wildman–Crippen LogP) is 2.81. The second-order valence-electron chi connectivity index (χ2n) is 5.95. The Kier molecular flexibility index (Phi) is 5.95. The molecule has 2 aromatic rings. The average molecular weight is 344 g/mol. The van der Waals surface area contributed by atoms with E-state index in [-0.39, 0.29) is 24.4 Å². The summed E-state index contributed by atoms with van der Waals surface area (Å²) in [5.74, 6) is 0.0993. The molecule has 132 valence electrons. The quantitative estimate of drug-likeness (QED) is 0.809. The summed E-state index contributed by atoms with van der Waals surface area (Å²) in [6.07, 6.45) is 3.50. The molecule has 1 fully saturated rings. The Morgan fingerprint density at radius 2 is 1.92 bits per heavy atom. The van der Waals surface area contributed by atoms with Gasteiger partial charge in [-0.3, -0.25) is 9.78 Å². The lowest BCUT2D eigenvalue weighted by Gasteiger charge is -2.31. The summed E-state index contributed by atoms with van der Waals surface area (Å²) in [5.41, 5.74) is 0.911. The molecular weight excluding hydrogens is 323 g/mol. The van der Waals surface area contributed by atoms with Gasteiger partial charge in [0.1, 0.15) is 11.6 Å². The molecule has 0 bridgehead atoms. The first-order chi connectivity index (χ1) is 12.2. The van der Waals surface area contributed by atoms with Crippen molar-refractivity contribution < 1.29 is 18.7 Å². The topological polar surface area (TPSA) is 51.7 Å². The summed E-state index contributed by atoms with van der Waals surface area (Å²) >= 11 is 0. The minimum atomic E-state index is -0.327. The molecule has 1 aromatic carbocycles. The maximum Gasteiger partial charge on any atom is 0.260 e. The zero-order valence-corrected chi connectivity index (χ0v) is 13.9. The highest BCUT2D eigenvalue weighted by molar-refractivity contribution is 5.77. The van der Waals surface area contributed by atoms with E-state index in [1.165, 1.54) is 24.3 Å². The molecular formula is C19H21FN2O3. The number of pyridine rings is 1. The highest BCUT2D eigenvalue weighted by Gasteiger charge is 2.23. The summed E-state index contributed by atoms with van der Waals surface area (Å²) in [4.78, 5) is 18.2. The van der Waals surface area contributed by atoms with E-state index >= 15 is 0 Å². The number of ether oxygens (including phenoxy) is 2. The average Bonchev–Trinajstić information content (AvgIpc) is 2.67. The summed E-state index contributed by atoms with van der Waals surface area (Å²) in [6.45, 7) is 1.76. The number of benzene rings is 1. The Balaban J connectivity index is 1.38. The van der Waals surface area contributed by atoms with Crippen molar-refractivity contribution in [3.05, 3.63) is 60.2 Å². The van der Waals surface area contributed by atoms with E-state index in [2.05, 4.69) is 4.98 Å². The number of hydrogen-bond donors (Lipinski definition) is 0. The van der Waals surface area contributed by atoms with Crippen LogP contribution in [-0.2, 0) is 16.1 Å². The van der Waals surface area contributed by atoms with Crippen LogP contribution >= 0.6 is 0 Å². The summed E-state index contributed by atoms with van der Waals surface area (Å²) in [5, 5.41) is 0. The molecule has 1 amide bonds. The van der Waals surface area contributed by atoms with Crippen molar-refractivity contribution in [2.45, 2.75) is 25.6 Å². The van der Waals surface area contributed by atoms with Gasteiger partial charge in [-0.15, -0.1) is 0 Å². The van der Waals surface area contributed by atoms with E-state index in [1.807, 2.05) is 18.2 Å². The Morgan fingerprint density at radius 1 is 1.16 bits per heavy atom. The molecule has 0 radical (unpaired) electrons. The molecule has 1 aromatic heterocycles. The third-order valence-electron chi connectivity index (χ3n) is 4.16. The Labute approximate surface area is 146 Å². The number of halogens is 1. The van der Waals surface area contributed by atoms with E-state index in [0.29, 0.717) is 25.4 Å². The number of likely N-dealkylation sites (tertiary alicyclic amines) is 1. The van der Waals surface area contributed by atoms with Gasteiger partial charge in [-0.2, -0.15) is 0 Å². The minimum Gasteiger partial charge on any atom is -0.484 e. The van der Waals surface area contributed by atoms with Gasteiger partial charge in [0, 0.05) is 19.3 Å². The first kappa shape index (κ1) is 17.4. The van der Waals surface area contributed by atoms with Gasteiger partial charge in [0.2, 0.25) is 0 Å². The number of piperidine rings is 1. The van der Waals surface area contributed by atoms with Crippen molar-refractivity contribution >= 4 is 5.91 Å². The van der Waals surface area contributed by atoms with Gasteiger partial charge in [-0.25, -0.2) is 4.39 Å². The lowest BCUT2D eigenvalue weighted by atomic mass is 10.1. The van der Waals surface area contributed by atoms with Crippen LogP contribution in [0.2, 0.25) is 0 Å². The third-order valence-corrected chi connectivity index (χ3v) is 4.16. The normalized spacial score (nSPS) is 15.2. The first-order valence-corrected chi connectivity index (χ1v) is 8.38. The van der Waals surface area contributed by atoms with E-state index in [0.717, 1.165) is 18.5 Å². The fraction of sp³-hybridized carbons (Fsp3) is 0.368. The zero-order valence-electron chi connectivity index (χ0n) is 13.9. The van der Waals surface area contributed by atoms with E-state index in [1.54, 1.807) is 11.1 Å². The van der Waals surface area contributed by atoms with Crippen molar-refractivity contribution in [1.82, 2.24) is 9.88 Å². The van der Waals surface area contributed by atoms with Gasteiger partial charge < -0.3 is 14.4 Å². The molecule has 0 unspecified atom stereocenters.